The number of nitrogens with zero attached hydrogens (tertiary/aromatic N) is 2. The summed E-state index contributed by atoms with van der Waals surface area (Å²) >= 11 is 0. The van der Waals surface area contributed by atoms with E-state index in [2.05, 4.69) is 5.16 Å². The van der Waals surface area contributed by atoms with E-state index in [1.54, 1.807) is 4.90 Å². The fourth-order valence-electron chi connectivity index (χ4n) is 2.93. The monoisotopic (exact) mass is 271 g/mol. The molecule has 110 valence electrons. The van der Waals surface area contributed by atoms with E-state index < -0.39 is 5.41 Å². The highest BCUT2D eigenvalue weighted by Crippen LogP contribution is 2.34. The zero-order valence-electron chi connectivity index (χ0n) is 12.0. The maximum Gasteiger partial charge on any atom is 0.236 e. The van der Waals surface area contributed by atoms with Gasteiger partial charge in [0.25, 0.3) is 0 Å². The summed E-state index contributed by atoms with van der Waals surface area (Å²) in [4.78, 5) is 14.5. The second kappa shape index (κ2) is 6.23. The minimum absolute atomic E-state index is 0.0428. The van der Waals surface area contributed by atoms with Crippen molar-refractivity contribution < 1.29 is 15.1 Å². The highest BCUT2D eigenvalue weighted by Gasteiger charge is 2.46. The Morgan fingerprint density at radius 3 is 2.47 bits per heavy atom. The molecular weight excluding hydrogens is 246 g/mol. The van der Waals surface area contributed by atoms with Gasteiger partial charge in [-0.25, -0.2) is 0 Å². The second-order valence-corrected chi connectivity index (χ2v) is 5.29. The van der Waals surface area contributed by atoms with Gasteiger partial charge in [-0.1, -0.05) is 25.9 Å². The van der Waals surface area contributed by atoms with Crippen molar-refractivity contribution in [1.29, 1.82) is 0 Å². The smallest absolute Gasteiger partial charge is 0.236 e. The Bertz CT molecular complexity index is 353. The Hall–Kier alpha value is -1.30. The molecule has 0 aromatic carbocycles. The van der Waals surface area contributed by atoms with Crippen LogP contribution in [0.3, 0.4) is 0 Å². The van der Waals surface area contributed by atoms with Crippen LogP contribution in [-0.2, 0) is 4.79 Å². The van der Waals surface area contributed by atoms with E-state index >= 15 is 0 Å². The molecule has 1 amide bonds. The van der Waals surface area contributed by atoms with Gasteiger partial charge in [-0.05, 0) is 25.2 Å². The summed E-state index contributed by atoms with van der Waals surface area (Å²) in [6.45, 7) is 6.30. The van der Waals surface area contributed by atoms with Gasteiger partial charge in [-0.2, -0.15) is 0 Å². The lowest BCUT2D eigenvalue weighted by Gasteiger charge is -2.36. The minimum atomic E-state index is -0.966. The van der Waals surface area contributed by atoms with Gasteiger partial charge in [0.15, 0.2) is 5.84 Å². The Kier molecular flexibility index (Phi) is 5.17. The third-order valence-electron chi connectivity index (χ3n) is 4.54. The molecule has 0 spiro atoms. The molecule has 0 aromatic heterocycles. The number of carbonyl (C=O) groups is 1. The number of oxime groups is 1. The number of amides is 1. The number of aliphatic hydroxyl groups is 1. The number of hydrogen-bond acceptors (Lipinski definition) is 4. The fraction of sp³-hybridized carbons (Fsp3) is 0.846. The van der Waals surface area contributed by atoms with Crippen LogP contribution in [0.25, 0.3) is 0 Å². The minimum Gasteiger partial charge on any atom is -0.409 e. The first-order valence-electron chi connectivity index (χ1n) is 6.88. The predicted molar refractivity (Wildman–Crippen MR) is 72.8 cm³/mol. The SMILES string of the molecule is CCC(CC)(C(=O)N1CCC(C)C1CO)C(N)=NO. The van der Waals surface area contributed by atoms with Crippen LogP contribution < -0.4 is 5.73 Å². The molecule has 4 N–H and O–H groups in total. The molecule has 0 aliphatic carbocycles. The number of likely N-dealkylation sites (tertiary alicyclic amines) is 1. The van der Waals surface area contributed by atoms with Crippen LogP contribution in [0.4, 0.5) is 0 Å². The summed E-state index contributed by atoms with van der Waals surface area (Å²) in [5, 5.41) is 21.4. The third-order valence-corrected chi connectivity index (χ3v) is 4.54. The van der Waals surface area contributed by atoms with Gasteiger partial charge in [-0.3, -0.25) is 4.79 Å². The van der Waals surface area contributed by atoms with Crippen molar-refractivity contribution in [3.8, 4) is 0 Å². The zero-order chi connectivity index (χ0) is 14.6. The molecular formula is C13H25N3O3. The highest BCUT2D eigenvalue weighted by molar-refractivity contribution is 6.06. The molecule has 19 heavy (non-hydrogen) atoms. The predicted octanol–water partition coefficient (Wildman–Crippen LogP) is 0.769. The van der Waals surface area contributed by atoms with Crippen molar-refractivity contribution in [2.45, 2.75) is 46.1 Å². The molecule has 6 nitrogen and oxygen atoms in total. The maximum absolute atomic E-state index is 12.8. The number of hydrogen-bond donors (Lipinski definition) is 3. The van der Waals surface area contributed by atoms with Crippen molar-refractivity contribution >= 4 is 11.7 Å². The Labute approximate surface area is 114 Å². The normalized spacial score (nSPS) is 24.8. The van der Waals surface area contributed by atoms with Gasteiger partial charge >= 0.3 is 0 Å². The van der Waals surface area contributed by atoms with Gasteiger partial charge in [0.2, 0.25) is 5.91 Å². The molecule has 0 radical (unpaired) electrons. The topological polar surface area (TPSA) is 99.2 Å². The summed E-state index contributed by atoms with van der Waals surface area (Å²) in [6.07, 6.45) is 1.82. The standard InChI is InChI=1S/C13H25N3O3/c1-4-13(5-2,11(14)15-19)12(18)16-7-6-9(3)10(16)8-17/h9-10,17,19H,4-8H2,1-3H3,(H2,14,15). The zero-order valence-corrected chi connectivity index (χ0v) is 12.0. The van der Waals surface area contributed by atoms with E-state index in [4.69, 9.17) is 10.9 Å². The number of nitrogens with two attached hydrogens (primary N) is 1. The highest BCUT2D eigenvalue weighted by atomic mass is 16.4. The van der Waals surface area contributed by atoms with E-state index in [9.17, 15) is 9.90 Å². The number of rotatable bonds is 5. The average Bonchev–Trinajstić information content (AvgIpc) is 2.80. The summed E-state index contributed by atoms with van der Waals surface area (Å²) in [7, 11) is 0. The van der Waals surface area contributed by atoms with Crippen LogP contribution in [0.2, 0.25) is 0 Å². The Morgan fingerprint density at radius 2 is 2.05 bits per heavy atom. The van der Waals surface area contributed by atoms with Gasteiger partial charge < -0.3 is 20.9 Å². The van der Waals surface area contributed by atoms with E-state index in [-0.39, 0.29) is 30.3 Å². The van der Waals surface area contributed by atoms with Crippen LogP contribution in [0.15, 0.2) is 5.16 Å². The Balaban J connectivity index is 3.08. The second-order valence-electron chi connectivity index (χ2n) is 5.29. The lowest BCUT2D eigenvalue weighted by Crippen LogP contribution is -2.53. The van der Waals surface area contributed by atoms with Crippen molar-refractivity contribution in [3.63, 3.8) is 0 Å². The number of carbonyl (C=O) groups excluding carboxylic acids is 1. The summed E-state index contributed by atoms with van der Waals surface area (Å²) in [6, 6.07) is -0.170. The number of aliphatic hydroxyl groups excluding tert-OH is 1. The van der Waals surface area contributed by atoms with Crippen molar-refractivity contribution in [2.75, 3.05) is 13.2 Å². The Morgan fingerprint density at radius 1 is 1.47 bits per heavy atom. The fourth-order valence-corrected chi connectivity index (χ4v) is 2.93. The molecule has 0 aromatic rings. The van der Waals surface area contributed by atoms with E-state index in [0.717, 1.165) is 6.42 Å². The summed E-state index contributed by atoms with van der Waals surface area (Å²) < 4.78 is 0. The molecule has 0 saturated carbocycles. The maximum atomic E-state index is 12.8. The lowest BCUT2D eigenvalue weighted by molar-refractivity contribution is -0.140. The van der Waals surface area contributed by atoms with Crippen LogP contribution >= 0.6 is 0 Å². The third kappa shape index (κ3) is 2.54. The largest absolute Gasteiger partial charge is 0.409 e. The first kappa shape index (κ1) is 15.8. The molecule has 1 aliphatic rings. The summed E-state index contributed by atoms with van der Waals surface area (Å²) in [5.74, 6) is 0.0857. The van der Waals surface area contributed by atoms with Crippen molar-refractivity contribution in [3.05, 3.63) is 0 Å². The van der Waals surface area contributed by atoms with Crippen LogP contribution in [0, 0.1) is 11.3 Å². The first-order valence-corrected chi connectivity index (χ1v) is 6.88. The van der Waals surface area contributed by atoms with E-state index in [1.165, 1.54) is 0 Å². The molecule has 6 heteroatoms. The van der Waals surface area contributed by atoms with E-state index in [0.29, 0.717) is 19.4 Å². The molecule has 2 atom stereocenters. The quantitative estimate of drug-likeness (QED) is 0.297. The average molecular weight is 271 g/mol. The van der Waals surface area contributed by atoms with Gasteiger partial charge in [0.05, 0.1) is 12.6 Å². The molecule has 1 heterocycles. The van der Waals surface area contributed by atoms with Crippen LogP contribution in [0.1, 0.15) is 40.0 Å². The molecule has 1 rings (SSSR count). The first-order chi connectivity index (χ1) is 8.98. The van der Waals surface area contributed by atoms with Gasteiger partial charge in [0.1, 0.15) is 5.41 Å². The number of amidine groups is 1. The van der Waals surface area contributed by atoms with Crippen molar-refractivity contribution in [1.82, 2.24) is 4.90 Å². The molecule has 1 aliphatic heterocycles. The molecule has 1 fully saturated rings. The van der Waals surface area contributed by atoms with Crippen molar-refractivity contribution in [2.24, 2.45) is 22.2 Å². The van der Waals surface area contributed by atoms with Gasteiger partial charge in [0, 0.05) is 6.54 Å². The molecule has 1 saturated heterocycles. The molecule has 2 unspecified atom stereocenters. The summed E-state index contributed by atoms with van der Waals surface area (Å²) in [5.41, 5.74) is 4.79. The van der Waals surface area contributed by atoms with Crippen LogP contribution in [-0.4, -0.2) is 46.1 Å². The van der Waals surface area contributed by atoms with Crippen LogP contribution in [0.5, 0.6) is 0 Å². The molecule has 0 bridgehead atoms. The van der Waals surface area contributed by atoms with Gasteiger partial charge in [-0.15, -0.1) is 0 Å². The van der Waals surface area contributed by atoms with E-state index in [1.807, 2.05) is 20.8 Å². The lowest BCUT2D eigenvalue weighted by atomic mass is 9.79.